The zero-order valence-electron chi connectivity index (χ0n) is 11.7. The topological polar surface area (TPSA) is 41.1 Å². The molecule has 0 saturated heterocycles. The number of hydrogen-bond donors (Lipinski definition) is 2. The summed E-state index contributed by atoms with van der Waals surface area (Å²) in [4.78, 5) is 12.2. The number of nitrogens with one attached hydrogen (secondary N) is 2. The summed E-state index contributed by atoms with van der Waals surface area (Å²) in [5.41, 5.74) is 0. The van der Waals surface area contributed by atoms with E-state index in [-0.39, 0.29) is 6.03 Å². The first-order valence-corrected chi connectivity index (χ1v) is 8.35. The van der Waals surface area contributed by atoms with E-state index in [1.807, 2.05) is 0 Å². The van der Waals surface area contributed by atoms with Gasteiger partial charge in [-0.2, -0.15) is 0 Å². The average Bonchev–Trinajstić information content (AvgIpc) is 2.85. The van der Waals surface area contributed by atoms with Crippen LogP contribution in [0.1, 0.15) is 57.8 Å². The monoisotopic (exact) mass is 262 g/mol. The first-order chi connectivity index (χ1) is 9.28. The Kier molecular flexibility index (Phi) is 2.96. The molecule has 2 N–H and O–H groups in total. The van der Waals surface area contributed by atoms with Crippen molar-refractivity contribution in [1.82, 2.24) is 10.6 Å². The van der Waals surface area contributed by atoms with E-state index < -0.39 is 0 Å². The summed E-state index contributed by atoms with van der Waals surface area (Å²) in [6, 6.07) is 1.04. The largest absolute Gasteiger partial charge is 0.335 e. The van der Waals surface area contributed by atoms with Crippen LogP contribution in [0.4, 0.5) is 4.79 Å². The highest BCUT2D eigenvalue weighted by Crippen LogP contribution is 2.53. The summed E-state index contributed by atoms with van der Waals surface area (Å²) in [7, 11) is 0. The molecular formula is C16H26N2O. The maximum atomic E-state index is 12.2. The lowest BCUT2D eigenvalue weighted by Crippen LogP contribution is -2.58. The minimum Gasteiger partial charge on any atom is -0.335 e. The van der Waals surface area contributed by atoms with Gasteiger partial charge in [0, 0.05) is 12.1 Å². The van der Waals surface area contributed by atoms with E-state index >= 15 is 0 Å². The van der Waals surface area contributed by atoms with Crippen LogP contribution in [0.3, 0.4) is 0 Å². The molecule has 0 atom stereocenters. The molecule has 0 unspecified atom stereocenters. The van der Waals surface area contributed by atoms with Crippen molar-refractivity contribution in [2.75, 3.05) is 0 Å². The highest BCUT2D eigenvalue weighted by Gasteiger charge is 2.48. The number of rotatable bonds is 2. The summed E-state index contributed by atoms with van der Waals surface area (Å²) in [6.45, 7) is 0. The fourth-order valence-electron chi connectivity index (χ4n) is 5.61. The number of amides is 2. The van der Waals surface area contributed by atoms with Gasteiger partial charge in [-0.3, -0.25) is 0 Å². The Morgan fingerprint density at radius 3 is 1.95 bits per heavy atom. The Bertz CT molecular complexity index is 334. The Hall–Kier alpha value is -0.730. The van der Waals surface area contributed by atoms with Crippen LogP contribution in [0.15, 0.2) is 0 Å². The third-order valence-corrected chi connectivity index (χ3v) is 6.21. The van der Waals surface area contributed by atoms with Gasteiger partial charge in [-0.25, -0.2) is 4.79 Å². The predicted molar refractivity (Wildman–Crippen MR) is 74.8 cm³/mol. The number of carbonyl (C=O) groups excluding carboxylic acids is 1. The van der Waals surface area contributed by atoms with Crippen LogP contribution in [-0.2, 0) is 0 Å². The van der Waals surface area contributed by atoms with Gasteiger partial charge in [-0.1, -0.05) is 12.8 Å². The summed E-state index contributed by atoms with van der Waals surface area (Å²) in [5, 5.41) is 6.53. The van der Waals surface area contributed by atoms with Crippen molar-refractivity contribution in [2.24, 2.45) is 23.7 Å². The minimum atomic E-state index is 0.115. The fourth-order valence-corrected chi connectivity index (χ4v) is 5.61. The molecule has 3 heteroatoms. The third-order valence-electron chi connectivity index (χ3n) is 6.21. The molecule has 4 bridgehead atoms. The van der Waals surface area contributed by atoms with Crippen LogP contribution >= 0.6 is 0 Å². The highest BCUT2D eigenvalue weighted by atomic mass is 16.2. The standard InChI is InChI=1S/C16H26N2O/c19-16(17-14-3-1-2-4-14)18-15-12-6-10-5-11(8-12)9-13(15)7-10/h10-15H,1-9H2,(H2,17,18,19). The third kappa shape index (κ3) is 2.25. The molecule has 5 fully saturated rings. The lowest BCUT2D eigenvalue weighted by molar-refractivity contribution is -0.00951. The second-order valence-corrected chi connectivity index (χ2v) is 7.56. The second kappa shape index (κ2) is 4.68. The van der Waals surface area contributed by atoms with Gasteiger partial charge < -0.3 is 10.6 Å². The van der Waals surface area contributed by atoms with Crippen molar-refractivity contribution in [2.45, 2.75) is 69.9 Å². The molecule has 0 aliphatic heterocycles. The number of urea groups is 1. The maximum Gasteiger partial charge on any atom is 0.315 e. The molecule has 5 rings (SSSR count). The molecule has 0 aromatic heterocycles. The van der Waals surface area contributed by atoms with E-state index in [1.54, 1.807) is 0 Å². The molecular weight excluding hydrogens is 236 g/mol. The van der Waals surface area contributed by atoms with E-state index in [0.717, 1.165) is 23.7 Å². The van der Waals surface area contributed by atoms with Gasteiger partial charge in [0.2, 0.25) is 0 Å². The molecule has 19 heavy (non-hydrogen) atoms. The quantitative estimate of drug-likeness (QED) is 0.789. The van der Waals surface area contributed by atoms with Gasteiger partial charge in [0.15, 0.2) is 0 Å². The van der Waals surface area contributed by atoms with Crippen molar-refractivity contribution in [3.05, 3.63) is 0 Å². The summed E-state index contributed by atoms with van der Waals surface area (Å²) in [6.07, 6.45) is 11.9. The molecule has 3 nitrogen and oxygen atoms in total. The van der Waals surface area contributed by atoms with Crippen LogP contribution in [0.2, 0.25) is 0 Å². The first kappa shape index (κ1) is 12.0. The molecule has 0 spiro atoms. The zero-order chi connectivity index (χ0) is 12.8. The van der Waals surface area contributed by atoms with E-state index in [9.17, 15) is 4.79 Å². The smallest absolute Gasteiger partial charge is 0.315 e. The van der Waals surface area contributed by atoms with Crippen LogP contribution in [-0.4, -0.2) is 18.1 Å². The normalized spacial score (nSPS) is 44.5. The number of carbonyl (C=O) groups is 1. The van der Waals surface area contributed by atoms with Crippen LogP contribution < -0.4 is 10.6 Å². The Balaban J connectivity index is 1.36. The molecule has 5 aliphatic carbocycles. The van der Waals surface area contributed by atoms with Crippen molar-refractivity contribution >= 4 is 6.03 Å². The average molecular weight is 262 g/mol. The van der Waals surface area contributed by atoms with E-state index in [0.29, 0.717) is 12.1 Å². The van der Waals surface area contributed by atoms with Gasteiger partial charge in [-0.15, -0.1) is 0 Å². The van der Waals surface area contributed by atoms with Crippen LogP contribution in [0.25, 0.3) is 0 Å². The van der Waals surface area contributed by atoms with Crippen molar-refractivity contribution < 1.29 is 4.79 Å². The van der Waals surface area contributed by atoms with Gasteiger partial charge in [-0.05, 0) is 68.6 Å². The predicted octanol–water partition coefficient (Wildman–Crippen LogP) is 3.05. The molecule has 0 heterocycles. The summed E-state index contributed by atoms with van der Waals surface area (Å²) >= 11 is 0. The van der Waals surface area contributed by atoms with Crippen molar-refractivity contribution in [1.29, 1.82) is 0 Å². The lowest BCUT2D eigenvalue weighted by atomic mass is 9.54. The lowest BCUT2D eigenvalue weighted by Gasteiger charge is -2.54. The molecule has 0 aromatic carbocycles. The van der Waals surface area contributed by atoms with Gasteiger partial charge in [0.25, 0.3) is 0 Å². The minimum absolute atomic E-state index is 0.115. The molecule has 2 amide bonds. The highest BCUT2D eigenvalue weighted by molar-refractivity contribution is 5.74. The fraction of sp³-hybridized carbons (Fsp3) is 0.938. The van der Waals surface area contributed by atoms with Crippen LogP contribution in [0.5, 0.6) is 0 Å². The zero-order valence-corrected chi connectivity index (χ0v) is 11.7. The van der Waals surface area contributed by atoms with Crippen LogP contribution in [0, 0.1) is 23.7 Å². The summed E-state index contributed by atoms with van der Waals surface area (Å²) < 4.78 is 0. The molecule has 5 saturated carbocycles. The Morgan fingerprint density at radius 1 is 0.789 bits per heavy atom. The Morgan fingerprint density at radius 2 is 1.37 bits per heavy atom. The summed E-state index contributed by atoms with van der Waals surface area (Å²) in [5.74, 6) is 3.54. The second-order valence-electron chi connectivity index (χ2n) is 7.56. The number of hydrogen-bond acceptors (Lipinski definition) is 1. The van der Waals surface area contributed by atoms with Gasteiger partial charge >= 0.3 is 6.03 Å². The SMILES string of the molecule is O=C(NC1CCCC1)NC1C2CC3CC(C2)CC1C3. The van der Waals surface area contributed by atoms with Crippen molar-refractivity contribution in [3.8, 4) is 0 Å². The van der Waals surface area contributed by atoms with Crippen molar-refractivity contribution in [3.63, 3.8) is 0 Å². The molecule has 5 aliphatic rings. The molecule has 0 aromatic rings. The van der Waals surface area contributed by atoms with E-state index in [1.165, 1.54) is 57.8 Å². The van der Waals surface area contributed by atoms with E-state index in [4.69, 9.17) is 0 Å². The first-order valence-electron chi connectivity index (χ1n) is 8.35. The maximum absolute atomic E-state index is 12.2. The van der Waals surface area contributed by atoms with Gasteiger partial charge in [0.05, 0.1) is 0 Å². The molecule has 0 radical (unpaired) electrons. The Labute approximate surface area is 115 Å². The van der Waals surface area contributed by atoms with E-state index in [2.05, 4.69) is 10.6 Å². The van der Waals surface area contributed by atoms with Gasteiger partial charge in [0.1, 0.15) is 0 Å². The molecule has 106 valence electrons.